The molecule has 0 atom stereocenters. The Hall–Kier alpha value is -1.08. The monoisotopic (exact) mass is 260 g/mol. The normalized spacial score (nSPS) is 11.8. The van der Waals surface area contributed by atoms with Gasteiger partial charge in [-0.05, 0) is 25.3 Å². The molecule has 0 unspecified atom stereocenters. The lowest BCUT2D eigenvalue weighted by atomic mass is 10.1. The highest BCUT2D eigenvalue weighted by Crippen LogP contribution is 2.08. The van der Waals surface area contributed by atoms with Crippen molar-refractivity contribution in [3.05, 3.63) is 47.5 Å². The molecule has 1 aromatic rings. The summed E-state index contributed by atoms with van der Waals surface area (Å²) in [6.07, 6.45) is 10.3. The molecule has 0 aliphatic rings. The standard InChI is InChI=1S/C18H28O/c1-3-4-5-6-7-9-12-17(2)15-19-16-18-13-10-8-11-14-18/h8,10-14H,3-7,9,15-16H2,1-2H3/b17-12+. The molecule has 0 bridgehead atoms. The first kappa shape index (κ1) is 16.0. The second-order valence-electron chi connectivity index (χ2n) is 5.23. The van der Waals surface area contributed by atoms with Gasteiger partial charge in [0.05, 0.1) is 13.2 Å². The van der Waals surface area contributed by atoms with Gasteiger partial charge in [-0.1, -0.05) is 74.6 Å². The van der Waals surface area contributed by atoms with Gasteiger partial charge in [-0.2, -0.15) is 0 Å². The zero-order valence-corrected chi connectivity index (χ0v) is 12.5. The molecule has 0 radical (unpaired) electrons. The predicted molar refractivity (Wildman–Crippen MR) is 83.2 cm³/mol. The minimum Gasteiger partial charge on any atom is -0.372 e. The predicted octanol–water partition coefficient (Wildman–Crippen LogP) is 5.51. The molecule has 0 saturated carbocycles. The third-order valence-corrected chi connectivity index (χ3v) is 3.24. The Morgan fingerprint density at radius 2 is 1.79 bits per heavy atom. The molecule has 1 heteroatoms. The first-order chi connectivity index (χ1) is 9.33. The quantitative estimate of drug-likeness (QED) is 0.398. The van der Waals surface area contributed by atoms with Crippen LogP contribution in [0.1, 0.15) is 57.9 Å². The SMILES string of the molecule is CCCCCCC/C=C(\C)COCc1ccccc1. The van der Waals surface area contributed by atoms with Gasteiger partial charge >= 0.3 is 0 Å². The molecule has 19 heavy (non-hydrogen) atoms. The molecule has 0 heterocycles. The van der Waals surface area contributed by atoms with Gasteiger partial charge in [0.25, 0.3) is 0 Å². The lowest BCUT2D eigenvalue weighted by molar-refractivity contribution is 0.142. The molecule has 1 rings (SSSR count). The van der Waals surface area contributed by atoms with E-state index in [0.717, 1.165) is 6.61 Å². The van der Waals surface area contributed by atoms with Crippen molar-refractivity contribution in [2.45, 2.75) is 59.0 Å². The van der Waals surface area contributed by atoms with Crippen LogP contribution in [0.25, 0.3) is 0 Å². The maximum absolute atomic E-state index is 5.71. The fourth-order valence-electron chi connectivity index (χ4n) is 2.06. The molecular formula is C18H28O. The number of unbranched alkanes of at least 4 members (excludes halogenated alkanes) is 5. The third-order valence-electron chi connectivity index (χ3n) is 3.24. The van der Waals surface area contributed by atoms with Gasteiger partial charge in [-0.15, -0.1) is 0 Å². The summed E-state index contributed by atoms with van der Waals surface area (Å²) in [4.78, 5) is 0. The molecule has 0 fully saturated rings. The van der Waals surface area contributed by atoms with Crippen LogP contribution in [0.3, 0.4) is 0 Å². The molecule has 0 aliphatic heterocycles. The fourth-order valence-corrected chi connectivity index (χ4v) is 2.06. The fraction of sp³-hybridized carbons (Fsp3) is 0.556. The summed E-state index contributed by atoms with van der Waals surface area (Å²) < 4.78 is 5.71. The largest absolute Gasteiger partial charge is 0.372 e. The van der Waals surface area contributed by atoms with Crippen molar-refractivity contribution in [2.75, 3.05) is 6.61 Å². The smallest absolute Gasteiger partial charge is 0.0721 e. The summed E-state index contributed by atoms with van der Waals surface area (Å²) >= 11 is 0. The van der Waals surface area contributed by atoms with Crippen LogP contribution in [0.4, 0.5) is 0 Å². The van der Waals surface area contributed by atoms with Crippen molar-refractivity contribution in [3.8, 4) is 0 Å². The van der Waals surface area contributed by atoms with Crippen LogP contribution in [0.15, 0.2) is 42.0 Å². The van der Waals surface area contributed by atoms with Gasteiger partial charge in [0, 0.05) is 0 Å². The van der Waals surface area contributed by atoms with Crippen LogP contribution in [0.2, 0.25) is 0 Å². The highest BCUT2D eigenvalue weighted by atomic mass is 16.5. The lowest BCUT2D eigenvalue weighted by Crippen LogP contribution is -1.96. The summed E-state index contributed by atoms with van der Waals surface area (Å²) in [6.45, 7) is 5.89. The molecular weight excluding hydrogens is 232 g/mol. The van der Waals surface area contributed by atoms with Gasteiger partial charge in [0.2, 0.25) is 0 Å². The molecule has 0 N–H and O–H groups in total. The zero-order chi connectivity index (χ0) is 13.8. The second kappa shape index (κ2) is 10.8. The van der Waals surface area contributed by atoms with Crippen LogP contribution in [-0.4, -0.2) is 6.61 Å². The van der Waals surface area contributed by atoms with Crippen LogP contribution in [0, 0.1) is 0 Å². The van der Waals surface area contributed by atoms with Gasteiger partial charge in [-0.25, -0.2) is 0 Å². The average molecular weight is 260 g/mol. The Kier molecular flexibility index (Phi) is 9.09. The molecule has 0 spiro atoms. The molecule has 0 saturated heterocycles. The van der Waals surface area contributed by atoms with Gasteiger partial charge in [-0.3, -0.25) is 0 Å². The molecule has 0 aromatic heterocycles. The van der Waals surface area contributed by atoms with Crippen LogP contribution in [0.5, 0.6) is 0 Å². The van der Waals surface area contributed by atoms with Crippen molar-refractivity contribution >= 4 is 0 Å². The van der Waals surface area contributed by atoms with Crippen molar-refractivity contribution in [1.82, 2.24) is 0 Å². The first-order valence-electron chi connectivity index (χ1n) is 7.60. The number of hydrogen-bond acceptors (Lipinski definition) is 1. The number of benzene rings is 1. The maximum atomic E-state index is 5.71. The molecule has 0 amide bonds. The van der Waals surface area contributed by atoms with E-state index in [2.05, 4.69) is 44.2 Å². The Morgan fingerprint density at radius 1 is 1.05 bits per heavy atom. The average Bonchev–Trinajstić information content (AvgIpc) is 2.44. The summed E-state index contributed by atoms with van der Waals surface area (Å²) in [5.74, 6) is 0. The van der Waals surface area contributed by atoms with Crippen LogP contribution >= 0.6 is 0 Å². The summed E-state index contributed by atoms with van der Waals surface area (Å²) in [6, 6.07) is 10.3. The van der Waals surface area contributed by atoms with E-state index < -0.39 is 0 Å². The summed E-state index contributed by atoms with van der Waals surface area (Å²) in [5.41, 5.74) is 2.60. The number of hydrogen-bond donors (Lipinski definition) is 0. The van der Waals surface area contributed by atoms with E-state index in [1.54, 1.807) is 0 Å². The Labute approximate surface area is 118 Å². The van der Waals surface area contributed by atoms with Crippen molar-refractivity contribution < 1.29 is 4.74 Å². The van der Waals surface area contributed by atoms with E-state index in [1.165, 1.54) is 49.7 Å². The third kappa shape index (κ3) is 8.61. The van der Waals surface area contributed by atoms with Gasteiger partial charge < -0.3 is 4.74 Å². The van der Waals surface area contributed by atoms with Gasteiger partial charge in [0.15, 0.2) is 0 Å². The van der Waals surface area contributed by atoms with E-state index in [4.69, 9.17) is 4.74 Å². The highest BCUT2D eigenvalue weighted by Gasteiger charge is 1.94. The second-order valence-corrected chi connectivity index (χ2v) is 5.23. The van der Waals surface area contributed by atoms with Crippen molar-refractivity contribution in [1.29, 1.82) is 0 Å². The van der Waals surface area contributed by atoms with E-state index in [9.17, 15) is 0 Å². The minimum atomic E-state index is 0.711. The summed E-state index contributed by atoms with van der Waals surface area (Å²) in [7, 11) is 0. The lowest BCUT2D eigenvalue weighted by Gasteiger charge is -2.05. The van der Waals surface area contributed by atoms with Crippen LogP contribution < -0.4 is 0 Å². The van der Waals surface area contributed by atoms with Crippen molar-refractivity contribution in [3.63, 3.8) is 0 Å². The van der Waals surface area contributed by atoms with E-state index >= 15 is 0 Å². The Morgan fingerprint density at radius 3 is 2.53 bits per heavy atom. The highest BCUT2D eigenvalue weighted by molar-refractivity contribution is 5.13. The Balaban J connectivity index is 2.05. The number of rotatable bonds is 10. The maximum Gasteiger partial charge on any atom is 0.0721 e. The van der Waals surface area contributed by atoms with E-state index in [-0.39, 0.29) is 0 Å². The number of ether oxygens (including phenoxy) is 1. The van der Waals surface area contributed by atoms with Crippen LogP contribution in [-0.2, 0) is 11.3 Å². The minimum absolute atomic E-state index is 0.711. The zero-order valence-electron chi connectivity index (χ0n) is 12.5. The molecule has 0 aliphatic carbocycles. The van der Waals surface area contributed by atoms with Crippen molar-refractivity contribution in [2.24, 2.45) is 0 Å². The topological polar surface area (TPSA) is 9.23 Å². The molecule has 106 valence electrons. The molecule has 1 nitrogen and oxygen atoms in total. The van der Waals surface area contributed by atoms with E-state index in [1.807, 2.05) is 6.07 Å². The first-order valence-corrected chi connectivity index (χ1v) is 7.60. The molecule has 1 aromatic carbocycles. The summed E-state index contributed by atoms with van der Waals surface area (Å²) in [5, 5.41) is 0. The van der Waals surface area contributed by atoms with E-state index in [0.29, 0.717) is 6.61 Å². The number of allylic oxidation sites excluding steroid dienone is 1. The Bertz CT molecular complexity index is 340. The van der Waals surface area contributed by atoms with Gasteiger partial charge in [0.1, 0.15) is 0 Å².